The molecule has 1 aromatic carbocycles. The van der Waals surface area contributed by atoms with Gasteiger partial charge in [0.1, 0.15) is 0 Å². The van der Waals surface area contributed by atoms with Crippen molar-refractivity contribution in [1.29, 1.82) is 0 Å². The standard InChI is InChI=1S/C16H18N4O3/c1-3-10(2)19-16-17-7-11(8-18-16)15(21)20-12-4-5-13-14(6-12)23-9-22-13/h4-8,10H,3,9H2,1-2H3,(H,20,21)(H,17,18,19). The lowest BCUT2D eigenvalue weighted by Crippen LogP contribution is -2.17. The minimum atomic E-state index is -0.279. The summed E-state index contributed by atoms with van der Waals surface area (Å²) < 4.78 is 10.5. The largest absolute Gasteiger partial charge is 0.454 e. The molecule has 23 heavy (non-hydrogen) atoms. The molecule has 1 atom stereocenters. The Bertz CT molecular complexity index is 703. The smallest absolute Gasteiger partial charge is 0.258 e. The number of rotatable bonds is 5. The summed E-state index contributed by atoms with van der Waals surface area (Å²) in [7, 11) is 0. The van der Waals surface area contributed by atoms with Crippen LogP contribution < -0.4 is 20.1 Å². The Morgan fingerprint density at radius 2 is 2.00 bits per heavy atom. The summed E-state index contributed by atoms with van der Waals surface area (Å²) in [5.41, 5.74) is 1.01. The van der Waals surface area contributed by atoms with E-state index < -0.39 is 0 Å². The van der Waals surface area contributed by atoms with E-state index in [0.29, 0.717) is 28.7 Å². The van der Waals surface area contributed by atoms with Crippen LogP contribution in [0.3, 0.4) is 0 Å². The summed E-state index contributed by atoms with van der Waals surface area (Å²) in [5, 5.41) is 5.94. The zero-order valence-electron chi connectivity index (χ0n) is 13.0. The number of carbonyl (C=O) groups excluding carboxylic acids is 1. The van der Waals surface area contributed by atoms with Crippen LogP contribution in [0.5, 0.6) is 11.5 Å². The lowest BCUT2D eigenvalue weighted by molar-refractivity contribution is 0.102. The van der Waals surface area contributed by atoms with Crippen molar-refractivity contribution < 1.29 is 14.3 Å². The molecule has 0 saturated carbocycles. The normalized spacial score (nSPS) is 13.5. The van der Waals surface area contributed by atoms with Crippen LogP contribution >= 0.6 is 0 Å². The van der Waals surface area contributed by atoms with Gasteiger partial charge in [-0.1, -0.05) is 6.92 Å². The van der Waals surface area contributed by atoms with Gasteiger partial charge in [-0.3, -0.25) is 4.79 Å². The molecule has 0 bridgehead atoms. The third-order valence-electron chi connectivity index (χ3n) is 3.53. The number of nitrogens with zero attached hydrogens (tertiary/aromatic N) is 2. The van der Waals surface area contributed by atoms with E-state index in [0.717, 1.165) is 6.42 Å². The van der Waals surface area contributed by atoms with E-state index in [1.807, 2.05) is 6.92 Å². The first-order valence-electron chi connectivity index (χ1n) is 7.45. The first-order valence-corrected chi connectivity index (χ1v) is 7.45. The quantitative estimate of drug-likeness (QED) is 0.882. The molecule has 1 aliphatic heterocycles. The van der Waals surface area contributed by atoms with E-state index in [-0.39, 0.29) is 18.7 Å². The molecule has 2 aromatic rings. The van der Waals surface area contributed by atoms with Gasteiger partial charge < -0.3 is 20.1 Å². The predicted octanol–water partition coefficient (Wildman–Crippen LogP) is 2.67. The number of hydrogen-bond donors (Lipinski definition) is 2. The Labute approximate surface area is 134 Å². The van der Waals surface area contributed by atoms with E-state index in [1.165, 1.54) is 12.4 Å². The molecular formula is C16H18N4O3. The fraction of sp³-hybridized carbons (Fsp3) is 0.312. The zero-order chi connectivity index (χ0) is 16.2. The minimum absolute atomic E-state index is 0.200. The third-order valence-corrected chi connectivity index (χ3v) is 3.53. The molecule has 0 spiro atoms. The van der Waals surface area contributed by atoms with Gasteiger partial charge in [-0.25, -0.2) is 9.97 Å². The highest BCUT2D eigenvalue weighted by molar-refractivity contribution is 6.04. The molecule has 0 radical (unpaired) electrons. The Hall–Kier alpha value is -2.83. The Morgan fingerprint density at radius 3 is 2.74 bits per heavy atom. The maximum Gasteiger partial charge on any atom is 0.258 e. The lowest BCUT2D eigenvalue weighted by Gasteiger charge is -2.11. The molecular weight excluding hydrogens is 296 g/mol. The van der Waals surface area contributed by atoms with Crippen molar-refractivity contribution in [3.63, 3.8) is 0 Å². The number of ether oxygens (including phenoxy) is 2. The average Bonchev–Trinajstić information content (AvgIpc) is 3.03. The summed E-state index contributed by atoms with van der Waals surface area (Å²) in [6.45, 7) is 4.32. The van der Waals surface area contributed by atoms with E-state index >= 15 is 0 Å². The highest BCUT2D eigenvalue weighted by atomic mass is 16.7. The minimum Gasteiger partial charge on any atom is -0.454 e. The second kappa shape index (κ2) is 6.51. The molecule has 0 saturated heterocycles. The molecule has 2 N–H and O–H groups in total. The number of amides is 1. The highest BCUT2D eigenvalue weighted by Gasteiger charge is 2.15. The van der Waals surface area contributed by atoms with Gasteiger partial charge in [-0.15, -0.1) is 0 Å². The highest BCUT2D eigenvalue weighted by Crippen LogP contribution is 2.34. The molecule has 1 aromatic heterocycles. The van der Waals surface area contributed by atoms with Crippen LogP contribution in [0.15, 0.2) is 30.6 Å². The summed E-state index contributed by atoms with van der Waals surface area (Å²) in [4.78, 5) is 20.5. The van der Waals surface area contributed by atoms with Crippen LogP contribution in [-0.2, 0) is 0 Å². The van der Waals surface area contributed by atoms with Crippen LogP contribution in [0.4, 0.5) is 11.6 Å². The van der Waals surface area contributed by atoms with E-state index in [9.17, 15) is 4.79 Å². The zero-order valence-corrected chi connectivity index (χ0v) is 13.0. The van der Waals surface area contributed by atoms with E-state index in [4.69, 9.17) is 9.47 Å². The van der Waals surface area contributed by atoms with Crippen molar-refractivity contribution >= 4 is 17.5 Å². The monoisotopic (exact) mass is 314 g/mol. The van der Waals surface area contributed by atoms with Crippen molar-refractivity contribution in [3.8, 4) is 11.5 Å². The number of hydrogen-bond acceptors (Lipinski definition) is 6. The Balaban J connectivity index is 1.66. The van der Waals surface area contributed by atoms with Gasteiger partial charge in [0.05, 0.1) is 5.56 Å². The van der Waals surface area contributed by atoms with Crippen molar-refractivity contribution in [2.75, 3.05) is 17.4 Å². The third kappa shape index (κ3) is 3.50. The van der Waals surface area contributed by atoms with Crippen LogP contribution in [0.2, 0.25) is 0 Å². The lowest BCUT2D eigenvalue weighted by atomic mass is 10.2. The summed E-state index contributed by atoms with van der Waals surface area (Å²) >= 11 is 0. The Kier molecular flexibility index (Phi) is 4.27. The average molecular weight is 314 g/mol. The molecule has 0 aliphatic carbocycles. The second-order valence-corrected chi connectivity index (χ2v) is 5.27. The first-order chi connectivity index (χ1) is 11.2. The topological polar surface area (TPSA) is 85.4 Å². The molecule has 7 nitrogen and oxygen atoms in total. The number of fused-ring (bicyclic) bond motifs is 1. The molecule has 1 unspecified atom stereocenters. The van der Waals surface area contributed by atoms with Crippen LogP contribution in [0, 0.1) is 0 Å². The molecule has 7 heteroatoms. The number of anilines is 2. The number of aromatic nitrogens is 2. The van der Waals surface area contributed by atoms with Gasteiger partial charge >= 0.3 is 0 Å². The van der Waals surface area contributed by atoms with Crippen molar-refractivity contribution in [1.82, 2.24) is 9.97 Å². The summed E-state index contributed by atoms with van der Waals surface area (Å²) in [6.07, 6.45) is 3.97. The molecule has 2 heterocycles. The maximum absolute atomic E-state index is 12.2. The van der Waals surface area contributed by atoms with Crippen molar-refractivity contribution in [3.05, 3.63) is 36.2 Å². The number of nitrogens with one attached hydrogen (secondary N) is 2. The first kappa shape index (κ1) is 15.1. The van der Waals surface area contributed by atoms with Crippen LogP contribution in [-0.4, -0.2) is 28.7 Å². The molecule has 0 fully saturated rings. The summed E-state index contributed by atoms with van der Waals surface area (Å²) in [5.74, 6) is 1.52. The molecule has 1 amide bonds. The van der Waals surface area contributed by atoms with Crippen molar-refractivity contribution in [2.24, 2.45) is 0 Å². The SMILES string of the molecule is CCC(C)Nc1ncc(C(=O)Nc2ccc3c(c2)OCO3)cn1. The van der Waals surface area contributed by atoms with Gasteiger partial charge in [-0.05, 0) is 25.5 Å². The molecule has 1 aliphatic rings. The van der Waals surface area contributed by atoms with E-state index in [1.54, 1.807) is 18.2 Å². The summed E-state index contributed by atoms with van der Waals surface area (Å²) in [6, 6.07) is 5.52. The molecule has 3 rings (SSSR count). The second-order valence-electron chi connectivity index (χ2n) is 5.27. The fourth-order valence-electron chi connectivity index (χ4n) is 2.02. The van der Waals surface area contributed by atoms with Crippen LogP contribution in [0.1, 0.15) is 30.6 Å². The van der Waals surface area contributed by atoms with E-state index in [2.05, 4.69) is 27.5 Å². The maximum atomic E-state index is 12.2. The van der Waals surface area contributed by atoms with Gasteiger partial charge in [0.2, 0.25) is 12.7 Å². The number of benzene rings is 1. The van der Waals surface area contributed by atoms with Gasteiger partial charge in [0, 0.05) is 30.2 Å². The van der Waals surface area contributed by atoms with Crippen molar-refractivity contribution in [2.45, 2.75) is 26.3 Å². The van der Waals surface area contributed by atoms with Gasteiger partial charge in [0.15, 0.2) is 11.5 Å². The van der Waals surface area contributed by atoms with Crippen LogP contribution in [0.25, 0.3) is 0 Å². The Morgan fingerprint density at radius 1 is 1.26 bits per heavy atom. The van der Waals surface area contributed by atoms with Gasteiger partial charge in [0.25, 0.3) is 5.91 Å². The predicted molar refractivity (Wildman–Crippen MR) is 85.9 cm³/mol. The fourth-order valence-corrected chi connectivity index (χ4v) is 2.02. The molecule has 120 valence electrons. The van der Waals surface area contributed by atoms with Gasteiger partial charge in [-0.2, -0.15) is 0 Å². The number of carbonyl (C=O) groups is 1.